The molecule has 0 unspecified atom stereocenters. The summed E-state index contributed by atoms with van der Waals surface area (Å²) >= 11 is 3.24. The number of imide groups is 1. The molecular formula is C31H36BrNO9. The molecule has 1 fully saturated rings. The second-order valence-electron chi connectivity index (χ2n) is 10.4. The molecule has 0 radical (unpaired) electrons. The van der Waals surface area contributed by atoms with E-state index < -0.39 is 47.7 Å². The molecule has 0 saturated carbocycles. The van der Waals surface area contributed by atoms with Crippen molar-refractivity contribution < 1.29 is 43.5 Å². The summed E-state index contributed by atoms with van der Waals surface area (Å²) < 4.78 is 22.5. The fourth-order valence-corrected chi connectivity index (χ4v) is 5.37. The van der Waals surface area contributed by atoms with Gasteiger partial charge in [0.15, 0.2) is 11.6 Å². The third kappa shape index (κ3) is 8.12. The number of carbonyl (C=O) groups is 3. The van der Waals surface area contributed by atoms with E-state index in [-0.39, 0.29) is 37.3 Å². The van der Waals surface area contributed by atoms with E-state index >= 15 is 0 Å². The molecule has 2 aromatic rings. The van der Waals surface area contributed by atoms with Crippen molar-refractivity contribution in [3.8, 4) is 0 Å². The molecule has 2 aliphatic rings. The number of aliphatic hydroxyl groups excluding tert-OH is 1. The molecule has 2 heterocycles. The Kier molecular flexibility index (Phi) is 11.4. The van der Waals surface area contributed by atoms with Crippen molar-refractivity contribution in [2.45, 2.75) is 56.8 Å². The van der Waals surface area contributed by atoms with Gasteiger partial charge in [0.1, 0.15) is 18.8 Å². The molecule has 2 N–H and O–H groups in total. The summed E-state index contributed by atoms with van der Waals surface area (Å²) in [4.78, 5) is 39.9. The van der Waals surface area contributed by atoms with Gasteiger partial charge in [0.05, 0.1) is 36.3 Å². The van der Waals surface area contributed by atoms with Crippen LogP contribution in [0.25, 0.3) is 0 Å². The van der Waals surface area contributed by atoms with Crippen LogP contribution in [0.1, 0.15) is 30.9 Å². The Morgan fingerprint density at radius 2 is 1.79 bits per heavy atom. The zero-order chi connectivity index (χ0) is 30.1. The van der Waals surface area contributed by atoms with Crippen molar-refractivity contribution in [2.75, 3.05) is 26.4 Å². The number of cyclic esters (lactones) is 1. The molecule has 2 aromatic carbocycles. The smallest absolute Gasteiger partial charge is 0.416 e. The molecule has 10 nitrogen and oxygen atoms in total. The Morgan fingerprint density at radius 3 is 2.45 bits per heavy atom. The highest BCUT2D eigenvalue weighted by atomic mass is 79.9. The van der Waals surface area contributed by atoms with Crippen LogP contribution in [0.3, 0.4) is 0 Å². The van der Waals surface area contributed by atoms with Gasteiger partial charge in [-0.25, -0.2) is 9.69 Å². The molecule has 11 heteroatoms. The Morgan fingerprint density at radius 1 is 1.12 bits per heavy atom. The average Bonchev–Trinajstić information content (AvgIpc) is 3.36. The molecule has 5 atom stereocenters. The first-order chi connectivity index (χ1) is 20.2. The summed E-state index contributed by atoms with van der Waals surface area (Å²) in [6, 6.07) is 18.5. The van der Waals surface area contributed by atoms with Crippen LogP contribution in [-0.2, 0) is 41.6 Å². The molecule has 2 aliphatic heterocycles. The van der Waals surface area contributed by atoms with Crippen molar-refractivity contribution in [3.05, 3.63) is 82.3 Å². The largest absolute Gasteiger partial charge is 0.447 e. The lowest BCUT2D eigenvalue weighted by Gasteiger charge is -2.37. The number of rotatable bonds is 14. The van der Waals surface area contributed by atoms with Crippen LogP contribution in [0.4, 0.5) is 4.79 Å². The van der Waals surface area contributed by atoms with Gasteiger partial charge in [0.25, 0.3) is 0 Å². The lowest BCUT2D eigenvalue weighted by molar-refractivity contribution is -0.217. The average molecular weight is 647 g/mol. The number of ether oxygens (including phenoxy) is 4. The second-order valence-corrected chi connectivity index (χ2v) is 11.3. The second kappa shape index (κ2) is 15.0. The molecule has 0 aromatic heterocycles. The van der Waals surface area contributed by atoms with Gasteiger partial charge in [0.2, 0.25) is 5.91 Å². The normalized spacial score (nSPS) is 23.8. The van der Waals surface area contributed by atoms with Gasteiger partial charge in [-0.3, -0.25) is 9.59 Å². The van der Waals surface area contributed by atoms with Gasteiger partial charge in [-0.2, -0.15) is 0 Å². The van der Waals surface area contributed by atoms with Crippen molar-refractivity contribution >= 4 is 33.7 Å². The number of amides is 2. The van der Waals surface area contributed by atoms with E-state index in [1.54, 1.807) is 0 Å². The number of halogens is 1. The van der Waals surface area contributed by atoms with E-state index in [4.69, 9.17) is 18.9 Å². The van der Waals surface area contributed by atoms with E-state index in [2.05, 4.69) is 15.9 Å². The van der Waals surface area contributed by atoms with Crippen LogP contribution in [0, 0.1) is 5.92 Å². The minimum atomic E-state index is -1.87. The summed E-state index contributed by atoms with van der Waals surface area (Å²) in [6.45, 7) is 2.07. The molecule has 0 bridgehead atoms. The molecule has 226 valence electrons. The lowest BCUT2D eigenvalue weighted by atomic mass is 9.93. The van der Waals surface area contributed by atoms with Crippen LogP contribution in [-0.4, -0.2) is 83.4 Å². The molecule has 0 spiro atoms. The Labute approximate surface area is 253 Å². The molecular weight excluding hydrogens is 610 g/mol. The van der Waals surface area contributed by atoms with Crippen LogP contribution in [0.5, 0.6) is 0 Å². The molecule has 4 rings (SSSR count). The SMILES string of the molecule is C[C@H](C(=O)N1C(=O)OC[C@@H]1Cc1ccccc1)[C@H]1O[C@](O)(CCCOC[C@@H](CO)OCc2ccccc2)C(Br)=CC1=O. The number of benzene rings is 2. The van der Waals surface area contributed by atoms with Crippen molar-refractivity contribution in [1.29, 1.82) is 0 Å². The zero-order valence-corrected chi connectivity index (χ0v) is 25.0. The third-order valence-corrected chi connectivity index (χ3v) is 8.09. The third-order valence-electron chi connectivity index (χ3n) is 7.24. The van der Waals surface area contributed by atoms with Crippen LogP contribution in [0.2, 0.25) is 0 Å². The number of nitrogens with zero attached hydrogens (tertiary/aromatic N) is 1. The monoisotopic (exact) mass is 645 g/mol. The first kappa shape index (κ1) is 32.0. The quantitative estimate of drug-likeness (QED) is 0.296. The van der Waals surface area contributed by atoms with Gasteiger partial charge < -0.3 is 29.2 Å². The fourth-order valence-electron chi connectivity index (χ4n) is 4.86. The maximum absolute atomic E-state index is 13.5. The van der Waals surface area contributed by atoms with Gasteiger partial charge >= 0.3 is 6.09 Å². The van der Waals surface area contributed by atoms with E-state index in [0.29, 0.717) is 19.4 Å². The first-order valence-corrected chi connectivity index (χ1v) is 14.7. The maximum Gasteiger partial charge on any atom is 0.416 e. The van der Waals surface area contributed by atoms with Crippen molar-refractivity contribution in [3.63, 3.8) is 0 Å². The van der Waals surface area contributed by atoms with Crippen LogP contribution < -0.4 is 0 Å². The number of carbonyl (C=O) groups excluding carboxylic acids is 3. The minimum Gasteiger partial charge on any atom is -0.447 e. The highest BCUT2D eigenvalue weighted by Gasteiger charge is 2.48. The van der Waals surface area contributed by atoms with E-state index in [1.807, 2.05) is 60.7 Å². The number of aliphatic hydroxyl groups is 2. The predicted molar refractivity (Wildman–Crippen MR) is 155 cm³/mol. The van der Waals surface area contributed by atoms with Crippen LogP contribution >= 0.6 is 15.9 Å². The highest BCUT2D eigenvalue weighted by molar-refractivity contribution is 9.11. The van der Waals surface area contributed by atoms with E-state index in [9.17, 15) is 24.6 Å². The van der Waals surface area contributed by atoms with E-state index in [1.165, 1.54) is 13.0 Å². The van der Waals surface area contributed by atoms with Gasteiger partial charge in [0, 0.05) is 13.0 Å². The summed E-state index contributed by atoms with van der Waals surface area (Å²) in [5, 5.41) is 20.9. The summed E-state index contributed by atoms with van der Waals surface area (Å²) in [5.41, 5.74) is 1.92. The summed E-state index contributed by atoms with van der Waals surface area (Å²) in [7, 11) is 0. The minimum absolute atomic E-state index is 0.0511. The predicted octanol–water partition coefficient (Wildman–Crippen LogP) is 3.52. The van der Waals surface area contributed by atoms with Crippen LogP contribution in [0.15, 0.2) is 71.2 Å². The Balaban J connectivity index is 1.29. The Bertz CT molecular complexity index is 1240. The Hall–Kier alpha value is -2.93. The molecule has 2 amide bonds. The highest BCUT2D eigenvalue weighted by Crippen LogP contribution is 2.37. The summed E-state index contributed by atoms with van der Waals surface area (Å²) in [5.74, 6) is -4.05. The standard InChI is InChI=1S/C31H36BrNO9/c1-21(29(36)33-24(19-41-30(33)37)15-22-9-4-2-5-10-22)28-26(35)16-27(32)31(38,42-28)13-8-14-39-20-25(17-34)40-18-23-11-6-3-7-12-23/h2-7,9-12,16,21,24-25,28,34,38H,8,13-15,17-20H2,1H3/t21-,24-,25+,28+,31+/m0/s1. The molecule has 1 saturated heterocycles. The maximum atomic E-state index is 13.5. The number of hydrogen-bond donors (Lipinski definition) is 2. The zero-order valence-electron chi connectivity index (χ0n) is 23.4. The van der Waals surface area contributed by atoms with Gasteiger partial charge in [-0.1, -0.05) is 67.6 Å². The first-order valence-electron chi connectivity index (χ1n) is 13.9. The van der Waals surface area contributed by atoms with Crippen molar-refractivity contribution in [1.82, 2.24) is 4.90 Å². The van der Waals surface area contributed by atoms with Crippen molar-refractivity contribution in [2.24, 2.45) is 5.92 Å². The van der Waals surface area contributed by atoms with Gasteiger partial charge in [-0.05, 0) is 46.0 Å². The van der Waals surface area contributed by atoms with E-state index in [0.717, 1.165) is 16.0 Å². The number of ketones is 1. The van der Waals surface area contributed by atoms with Gasteiger partial charge in [-0.15, -0.1) is 0 Å². The molecule has 42 heavy (non-hydrogen) atoms. The number of hydrogen-bond acceptors (Lipinski definition) is 9. The lowest BCUT2D eigenvalue weighted by Crippen LogP contribution is -2.52. The summed E-state index contributed by atoms with van der Waals surface area (Å²) in [6.07, 6.45) is -0.559. The molecule has 0 aliphatic carbocycles. The topological polar surface area (TPSA) is 132 Å². The fraction of sp³-hybridized carbons (Fsp3) is 0.452.